The number of piperazine rings is 1. The van der Waals surface area contributed by atoms with Gasteiger partial charge in [-0.05, 0) is 18.1 Å². The molecule has 0 saturated carbocycles. The number of likely N-dealkylation sites (N-methyl/N-ethyl adjacent to an activating group) is 1. The molecule has 1 aliphatic heterocycles. The Morgan fingerprint density at radius 3 is 2.36 bits per heavy atom. The molecule has 1 fully saturated rings. The number of para-hydroxylation sites is 1. The Hall–Kier alpha value is -2.24. The number of guanidine groups is 1. The van der Waals surface area contributed by atoms with E-state index < -0.39 is 0 Å². The van der Waals surface area contributed by atoms with E-state index >= 15 is 0 Å². The van der Waals surface area contributed by atoms with Crippen LogP contribution in [0.5, 0.6) is 0 Å². The number of carbonyl (C=O) groups excluding carboxylic acids is 1. The first kappa shape index (κ1) is 19.1. The van der Waals surface area contributed by atoms with Crippen molar-refractivity contribution >= 4 is 17.6 Å². The lowest BCUT2D eigenvalue weighted by atomic mass is 10.2. The van der Waals surface area contributed by atoms with Gasteiger partial charge in [-0.2, -0.15) is 0 Å². The maximum Gasteiger partial charge on any atom is 0.243 e. The van der Waals surface area contributed by atoms with Crippen LogP contribution in [-0.2, 0) is 4.79 Å². The quantitative estimate of drug-likeness (QED) is 0.649. The fourth-order valence-electron chi connectivity index (χ4n) is 2.66. The van der Waals surface area contributed by atoms with Crippen LogP contribution in [0.4, 0.5) is 5.69 Å². The van der Waals surface area contributed by atoms with Crippen LogP contribution in [0.1, 0.15) is 13.8 Å². The van der Waals surface area contributed by atoms with E-state index in [0.717, 1.165) is 38.7 Å². The van der Waals surface area contributed by atoms with Crippen molar-refractivity contribution in [3.8, 4) is 0 Å². The molecular weight excluding hydrogens is 314 g/mol. The molecule has 0 unspecified atom stereocenters. The van der Waals surface area contributed by atoms with Gasteiger partial charge in [-0.1, -0.05) is 32.0 Å². The van der Waals surface area contributed by atoms with Crippen molar-refractivity contribution in [1.82, 2.24) is 15.1 Å². The van der Waals surface area contributed by atoms with Crippen LogP contribution in [0, 0.1) is 5.92 Å². The summed E-state index contributed by atoms with van der Waals surface area (Å²) < 4.78 is 0. The van der Waals surface area contributed by atoms with Gasteiger partial charge in [-0.15, -0.1) is 0 Å². The van der Waals surface area contributed by atoms with E-state index in [9.17, 15) is 4.79 Å². The summed E-state index contributed by atoms with van der Waals surface area (Å²) in [5, 5.41) is 3.42. The van der Waals surface area contributed by atoms with Crippen LogP contribution in [0.25, 0.3) is 0 Å². The Bertz CT molecular complexity index is 562. The Labute approximate surface area is 151 Å². The number of rotatable bonds is 5. The molecule has 0 atom stereocenters. The molecule has 0 aromatic heterocycles. The predicted octanol–water partition coefficient (Wildman–Crippen LogP) is 1.50. The third-order valence-corrected chi connectivity index (χ3v) is 4.23. The minimum absolute atomic E-state index is 0.0202. The highest BCUT2D eigenvalue weighted by molar-refractivity contribution is 5.85. The zero-order chi connectivity index (χ0) is 18.2. The first-order valence-corrected chi connectivity index (χ1v) is 9.00. The van der Waals surface area contributed by atoms with Crippen LogP contribution in [0.2, 0.25) is 0 Å². The first-order valence-electron chi connectivity index (χ1n) is 9.00. The lowest BCUT2D eigenvalue weighted by Gasteiger charge is -2.38. The van der Waals surface area contributed by atoms with Crippen molar-refractivity contribution in [2.75, 3.05) is 58.3 Å². The molecule has 0 radical (unpaired) electrons. The molecule has 1 N–H and O–H groups in total. The molecule has 1 heterocycles. The lowest BCUT2D eigenvalue weighted by Crippen LogP contribution is -2.53. The Balaban J connectivity index is 1.98. The van der Waals surface area contributed by atoms with Crippen molar-refractivity contribution in [1.29, 1.82) is 0 Å². The number of benzene rings is 1. The van der Waals surface area contributed by atoms with Gasteiger partial charge in [0.25, 0.3) is 0 Å². The van der Waals surface area contributed by atoms with Crippen LogP contribution in [0.15, 0.2) is 35.3 Å². The first-order chi connectivity index (χ1) is 12.0. The molecule has 0 bridgehead atoms. The summed E-state index contributed by atoms with van der Waals surface area (Å²) in [4.78, 5) is 22.7. The van der Waals surface area contributed by atoms with Gasteiger partial charge in [0.1, 0.15) is 6.54 Å². The summed E-state index contributed by atoms with van der Waals surface area (Å²) in [7, 11) is 3.52. The predicted molar refractivity (Wildman–Crippen MR) is 104 cm³/mol. The maximum atomic E-state index is 11.9. The fraction of sp³-hybridized carbons (Fsp3) is 0.579. The van der Waals surface area contributed by atoms with E-state index in [0.29, 0.717) is 5.92 Å². The van der Waals surface area contributed by atoms with Gasteiger partial charge in [0, 0.05) is 52.5 Å². The van der Waals surface area contributed by atoms with Crippen LogP contribution in [0.3, 0.4) is 0 Å². The Kier molecular flexibility index (Phi) is 7.10. The highest BCUT2D eigenvalue weighted by Gasteiger charge is 2.20. The second-order valence-electron chi connectivity index (χ2n) is 7.01. The van der Waals surface area contributed by atoms with Gasteiger partial charge in [0.05, 0.1) is 0 Å². The number of nitrogens with one attached hydrogen (secondary N) is 1. The van der Waals surface area contributed by atoms with Gasteiger partial charge in [-0.3, -0.25) is 4.79 Å². The highest BCUT2D eigenvalue weighted by atomic mass is 16.2. The van der Waals surface area contributed by atoms with Crippen molar-refractivity contribution in [2.45, 2.75) is 13.8 Å². The number of anilines is 1. The number of carbonyl (C=O) groups is 1. The number of aliphatic imine (C=N–C) groups is 1. The molecule has 6 nitrogen and oxygen atoms in total. The molecule has 0 aliphatic carbocycles. The van der Waals surface area contributed by atoms with Crippen LogP contribution >= 0.6 is 0 Å². The average Bonchev–Trinajstić information content (AvgIpc) is 2.62. The summed E-state index contributed by atoms with van der Waals surface area (Å²) in [6.45, 7) is 9.08. The molecule has 138 valence electrons. The van der Waals surface area contributed by atoms with E-state index in [2.05, 4.69) is 58.2 Å². The second-order valence-corrected chi connectivity index (χ2v) is 7.01. The monoisotopic (exact) mass is 345 g/mol. The summed E-state index contributed by atoms with van der Waals surface area (Å²) in [5.74, 6) is 1.39. The Morgan fingerprint density at radius 2 is 1.80 bits per heavy atom. The van der Waals surface area contributed by atoms with Crippen molar-refractivity contribution in [3.63, 3.8) is 0 Å². The highest BCUT2D eigenvalue weighted by Crippen LogP contribution is 2.15. The van der Waals surface area contributed by atoms with Gasteiger partial charge in [-0.25, -0.2) is 4.99 Å². The zero-order valence-electron chi connectivity index (χ0n) is 15.9. The number of hydrogen-bond acceptors (Lipinski definition) is 3. The van der Waals surface area contributed by atoms with E-state index in [1.807, 2.05) is 6.07 Å². The SMILES string of the molecule is CC(C)CNC(=NCC(=O)N(C)C)N1CCN(c2ccccc2)CC1. The standard InChI is InChI=1S/C19H31N5O/c1-16(2)14-20-19(21-15-18(25)22(3)4)24-12-10-23(11-13-24)17-8-6-5-7-9-17/h5-9,16H,10-15H2,1-4H3,(H,20,21). The maximum absolute atomic E-state index is 11.9. The van der Waals surface area contributed by atoms with Gasteiger partial charge in [0.2, 0.25) is 5.91 Å². The number of amides is 1. The molecular formula is C19H31N5O. The average molecular weight is 345 g/mol. The summed E-state index contributed by atoms with van der Waals surface area (Å²) in [6, 6.07) is 10.5. The van der Waals surface area contributed by atoms with Gasteiger partial charge < -0.3 is 20.0 Å². The summed E-state index contributed by atoms with van der Waals surface area (Å²) >= 11 is 0. The smallest absolute Gasteiger partial charge is 0.243 e. The topological polar surface area (TPSA) is 51.2 Å². The van der Waals surface area contributed by atoms with Crippen molar-refractivity contribution in [2.24, 2.45) is 10.9 Å². The lowest BCUT2D eigenvalue weighted by molar-refractivity contribution is -0.127. The second kappa shape index (κ2) is 9.30. The minimum atomic E-state index is 0.0202. The van der Waals surface area contributed by atoms with Crippen molar-refractivity contribution in [3.05, 3.63) is 30.3 Å². The van der Waals surface area contributed by atoms with Gasteiger partial charge in [0.15, 0.2) is 5.96 Å². The molecule has 1 aromatic carbocycles. The summed E-state index contributed by atoms with van der Waals surface area (Å²) in [6.07, 6.45) is 0. The molecule has 2 rings (SSSR count). The summed E-state index contributed by atoms with van der Waals surface area (Å²) in [5.41, 5.74) is 1.26. The molecule has 6 heteroatoms. The van der Waals surface area contributed by atoms with E-state index in [1.165, 1.54) is 5.69 Å². The zero-order valence-corrected chi connectivity index (χ0v) is 15.9. The fourth-order valence-corrected chi connectivity index (χ4v) is 2.66. The van der Waals surface area contributed by atoms with E-state index in [4.69, 9.17) is 0 Å². The molecule has 1 amide bonds. The number of hydrogen-bond donors (Lipinski definition) is 1. The molecule has 1 aliphatic rings. The third-order valence-electron chi connectivity index (χ3n) is 4.23. The molecule has 1 saturated heterocycles. The molecule has 1 aromatic rings. The minimum Gasteiger partial charge on any atom is -0.368 e. The van der Waals surface area contributed by atoms with Gasteiger partial charge >= 0.3 is 0 Å². The Morgan fingerprint density at radius 1 is 1.16 bits per heavy atom. The third kappa shape index (κ3) is 5.96. The van der Waals surface area contributed by atoms with E-state index in [1.54, 1.807) is 19.0 Å². The van der Waals surface area contributed by atoms with Crippen LogP contribution in [-0.4, -0.2) is 75.0 Å². The largest absolute Gasteiger partial charge is 0.368 e. The van der Waals surface area contributed by atoms with E-state index in [-0.39, 0.29) is 12.5 Å². The normalized spacial score (nSPS) is 15.5. The molecule has 0 spiro atoms. The van der Waals surface area contributed by atoms with Crippen molar-refractivity contribution < 1.29 is 4.79 Å². The van der Waals surface area contributed by atoms with Crippen LogP contribution < -0.4 is 10.2 Å². The molecule has 25 heavy (non-hydrogen) atoms. The number of nitrogens with zero attached hydrogens (tertiary/aromatic N) is 4.